The third kappa shape index (κ3) is 3.41. The van der Waals surface area contributed by atoms with Crippen molar-refractivity contribution in [2.45, 2.75) is 18.9 Å². The second-order valence-electron chi connectivity index (χ2n) is 5.80. The number of hydrogen-bond acceptors (Lipinski definition) is 4. The van der Waals surface area contributed by atoms with E-state index in [0.717, 1.165) is 48.6 Å². The molecule has 0 bridgehead atoms. The highest BCUT2D eigenvalue weighted by Gasteiger charge is 2.38. The van der Waals surface area contributed by atoms with Crippen molar-refractivity contribution in [2.75, 3.05) is 33.0 Å². The Hall–Kier alpha value is -0.390. The Labute approximate surface area is 148 Å². The van der Waals surface area contributed by atoms with Crippen LogP contribution in [0.15, 0.2) is 12.1 Å². The van der Waals surface area contributed by atoms with Gasteiger partial charge in [0.15, 0.2) is 11.5 Å². The van der Waals surface area contributed by atoms with Crippen molar-refractivity contribution in [3.05, 3.63) is 22.7 Å². The van der Waals surface area contributed by atoms with Gasteiger partial charge >= 0.3 is 0 Å². The number of nitrogens with zero attached hydrogens (tertiary/aromatic N) is 1. The molecule has 1 aromatic rings. The van der Waals surface area contributed by atoms with Gasteiger partial charge in [0.25, 0.3) is 0 Å². The molecule has 1 saturated carbocycles. The summed E-state index contributed by atoms with van der Waals surface area (Å²) in [5, 5.41) is 4.23. The molecule has 0 unspecified atom stereocenters. The van der Waals surface area contributed by atoms with Gasteiger partial charge in [-0.15, -0.1) is 24.8 Å². The van der Waals surface area contributed by atoms with E-state index in [-0.39, 0.29) is 24.8 Å². The Bertz CT molecular complexity index is 520. The lowest BCUT2D eigenvalue weighted by molar-refractivity contribution is 0.155. The van der Waals surface area contributed by atoms with E-state index in [2.05, 4.69) is 16.3 Å². The highest BCUT2D eigenvalue weighted by atomic mass is 35.5. The van der Waals surface area contributed by atoms with Crippen LogP contribution in [0, 0.1) is 5.92 Å². The highest BCUT2D eigenvalue weighted by Crippen LogP contribution is 2.49. The topological polar surface area (TPSA) is 33.7 Å². The zero-order valence-electron chi connectivity index (χ0n) is 12.2. The maximum Gasteiger partial charge on any atom is 0.231 e. The van der Waals surface area contributed by atoms with Gasteiger partial charge in [-0.1, -0.05) is 11.6 Å². The largest absolute Gasteiger partial charge is 0.454 e. The fraction of sp³-hybridized carbons (Fsp3) is 0.600. The molecule has 2 heterocycles. The molecule has 1 aromatic carbocycles. The molecule has 1 atom stereocenters. The van der Waals surface area contributed by atoms with Gasteiger partial charge in [-0.05, 0) is 30.4 Å². The van der Waals surface area contributed by atoms with Gasteiger partial charge in [-0.25, -0.2) is 0 Å². The van der Waals surface area contributed by atoms with E-state index in [0.29, 0.717) is 12.8 Å². The molecular formula is C15H21Cl3N2O2. The number of hydrogen-bond donors (Lipinski definition) is 1. The molecule has 4 rings (SSSR count). The van der Waals surface area contributed by atoms with Crippen molar-refractivity contribution in [3.63, 3.8) is 0 Å². The standard InChI is InChI=1S/C15H19ClN2O2.2ClH/c16-12-8-14-13(19-9-20-14)7-11(12)15(10-1-2-10)18-5-3-17-4-6-18;;/h7-8,10,15,17H,1-6,9H2;2*1H/t15-;;/m1../s1. The van der Waals surface area contributed by atoms with Crippen LogP contribution in [0.4, 0.5) is 0 Å². The molecule has 22 heavy (non-hydrogen) atoms. The molecule has 2 fully saturated rings. The van der Waals surface area contributed by atoms with Crippen molar-refractivity contribution >= 4 is 36.4 Å². The number of ether oxygens (including phenoxy) is 2. The maximum atomic E-state index is 6.52. The smallest absolute Gasteiger partial charge is 0.231 e. The first-order valence-electron chi connectivity index (χ1n) is 7.37. The van der Waals surface area contributed by atoms with E-state index in [1.165, 1.54) is 18.4 Å². The number of benzene rings is 1. The maximum absolute atomic E-state index is 6.52. The van der Waals surface area contributed by atoms with E-state index >= 15 is 0 Å². The van der Waals surface area contributed by atoms with Crippen molar-refractivity contribution in [1.29, 1.82) is 0 Å². The van der Waals surface area contributed by atoms with Gasteiger partial charge in [0, 0.05) is 43.3 Å². The monoisotopic (exact) mass is 366 g/mol. The van der Waals surface area contributed by atoms with Crippen molar-refractivity contribution in [3.8, 4) is 11.5 Å². The van der Waals surface area contributed by atoms with Gasteiger partial charge < -0.3 is 14.8 Å². The van der Waals surface area contributed by atoms with Gasteiger partial charge in [0.05, 0.1) is 0 Å². The summed E-state index contributed by atoms with van der Waals surface area (Å²) in [6, 6.07) is 4.44. The Morgan fingerprint density at radius 2 is 1.73 bits per heavy atom. The SMILES string of the molecule is Cl.Cl.Clc1cc2c(cc1[C@@H](C1CC1)N1CCNCC1)OCO2. The molecule has 1 saturated heterocycles. The molecule has 3 aliphatic rings. The Kier molecular flexibility index (Phi) is 6.08. The van der Waals surface area contributed by atoms with Crippen LogP contribution < -0.4 is 14.8 Å². The number of nitrogens with one attached hydrogen (secondary N) is 1. The fourth-order valence-corrected chi connectivity index (χ4v) is 3.55. The fourth-order valence-electron chi connectivity index (χ4n) is 3.28. The minimum Gasteiger partial charge on any atom is -0.454 e. The number of fused-ring (bicyclic) bond motifs is 1. The minimum absolute atomic E-state index is 0. The summed E-state index contributed by atoms with van der Waals surface area (Å²) in [5.74, 6) is 2.35. The molecule has 1 N–H and O–H groups in total. The molecule has 0 spiro atoms. The lowest BCUT2D eigenvalue weighted by Gasteiger charge is -2.36. The summed E-state index contributed by atoms with van der Waals surface area (Å²) >= 11 is 6.52. The van der Waals surface area contributed by atoms with E-state index in [4.69, 9.17) is 21.1 Å². The summed E-state index contributed by atoms with van der Waals surface area (Å²) in [6.07, 6.45) is 2.61. The number of piperazine rings is 1. The van der Waals surface area contributed by atoms with E-state index in [1.807, 2.05) is 6.07 Å². The Morgan fingerprint density at radius 1 is 1.09 bits per heavy atom. The van der Waals surface area contributed by atoms with Gasteiger partial charge in [0.1, 0.15) is 0 Å². The Morgan fingerprint density at radius 3 is 2.36 bits per heavy atom. The first kappa shape index (κ1) is 18.0. The summed E-state index contributed by atoms with van der Waals surface area (Å²) < 4.78 is 10.9. The summed E-state index contributed by atoms with van der Waals surface area (Å²) in [5.41, 5.74) is 1.21. The van der Waals surface area contributed by atoms with Crippen LogP contribution in [0.2, 0.25) is 5.02 Å². The van der Waals surface area contributed by atoms with Crippen LogP contribution in [0.1, 0.15) is 24.4 Å². The van der Waals surface area contributed by atoms with Crippen LogP contribution in [0.5, 0.6) is 11.5 Å². The van der Waals surface area contributed by atoms with Crippen molar-refractivity contribution in [2.24, 2.45) is 5.92 Å². The third-order valence-electron chi connectivity index (χ3n) is 4.42. The summed E-state index contributed by atoms with van der Waals surface area (Å²) in [6.45, 7) is 4.60. The average molecular weight is 368 g/mol. The molecule has 0 amide bonds. The zero-order chi connectivity index (χ0) is 13.5. The predicted octanol–water partition coefficient (Wildman–Crippen LogP) is 3.27. The molecule has 4 nitrogen and oxygen atoms in total. The first-order valence-corrected chi connectivity index (χ1v) is 7.74. The molecule has 2 aliphatic heterocycles. The predicted molar refractivity (Wildman–Crippen MR) is 92.0 cm³/mol. The molecule has 0 aromatic heterocycles. The van der Waals surface area contributed by atoms with Crippen LogP contribution in [0.25, 0.3) is 0 Å². The van der Waals surface area contributed by atoms with Gasteiger partial charge in [-0.3, -0.25) is 4.90 Å². The van der Waals surface area contributed by atoms with Crippen LogP contribution >= 0.6 is 36.4 Å². The zero-order valence-corrected chi connectivity index (χ0v) is 14.6. The van der Waals surface area contributed by atoms with Crippen LogP contribution in [-0.4, -0.2) is 37.9 Å². The van der Waals surface area contributed by atoms with Crippen LogP contribution in [0.3, 0.4) is 0 Å². The second-order valence-corrected chi connectivity index (χ2v) is 6.20. The normalized spacial score (nSPS) is 21.7. The molecule has 0 radical (unpaired) electrons. The lowest BCUT2D eigenvalue weighted by Crippen LogP contribution is -2.45. The minimum atomic E-state index is 0. The van der Waals surface area contributed by atoms with Crippen LogP contribution in [-0.2, 0) is 0 Å². The number of halogens is 3. The van der Waals surface area contributed by atoms with E-state index in [9.17, 15) is 0 Å². The van der Waals surface area contributed by atoms with Gasteiger partial charge in [0.2, 0.25) is 6.79 Å². The average Bonchev–Trinajstić information content (AvgIpc) is 3.19. The van der Waals surface area contributed by atoms with E-state index in [1.54, 1.807) is 0 Å². The summed E-state index contributed by atoms with van der Waals surface area (Å²) in [4.78, 5) is 2.57. The number of rotatable bonds is 3. The third-order valence-corrected chi connectivity index (χ3v) is 4.75. The molecule has 124 valence electrons. The van der Waals surface area contributed by atoms with Crippen molar-refractivity contribution < 1.29 is 9.47 Å². The second kappa shape index (κ2) is 7.45. The molecule has 1 aliphatic carbocycles. The van der Waals surface area contributed by atoms with Gasteiger partial charge in [-0.2, -0.15) is 0 Å². The van der Waals surface area contributed by atoms with Crippen molar-refractivity contribution in [1.82, 2.24) is 10.2 Å². The highest BCUT2D eigenvalue weighted by molar-refractivity contribution is 6.31. The Balaban J connectivity index is 0.000000882. The van der Waals surface area contributed by atoms with E-state index < -0.39 is 0 Å². The lowest BCUT2D eigenvalue weighted by atomic mass is 9.99. The first-order chi connectivity index (χ1) is 9.83. The summed E-state index contributed by atoms with van der Waals surface area (Å²) in [7, 11) is 0. The molecule has 7 heteroatoms. The molecular weight excluding hydrogens is 347 g/mol. The quantitative estimate of drug-likeness (QED) is 0.889.